The van der Waals surface area contributed by atoms with Crippen LogP contribution in [0.4, 0.5) is 4.39 Å². The molecule has 3 atom stereocenters. The monoisotopic (exact) mass is 564 g/mol. The molecular formula is C33H41FN2O5. The summed E-state index contributed by atoms with van der Waals surface area (Å²) in [7, 11) is 0. The van der Waals surface area contributed by atoms with E-state index in [1.165, 1.54) is 12.1 Å². The van der Waals surface area contributed by atoms with Crippen molar-refractivity contribution >= 4 is 17.8 Å². The average Bonchev–Trinajstić information content (AvgIpc) is 3.45. The first-order chi connectivity index (χ1) is 19.9. The van der Waals surface area contributed by atoms with E-state index in [0.717, 1.165) is 17.5 Å². The second-order valence-corrected chi connectivity index (χ2v) is 10.5. The zero-order valence-electron chi connectivity index (χ0n) is 23.6. The van der Waals surface area contributed by atoms with E-state index in [2.05, 4.69) is 13.2 Å². The van der Waals surface area contributed by atoms with Crippen LogP contribution in [0.2, 0.25) is 0 Å². The van der Waals surface area contributed by atoms with Gasteiger partial charge in [-0.25, -0.2) is 4.39 Å². The van der Waals surface area contributed by atoms with Crippen molar-refractivity contribution in [1.82, 2.24) is 9.80 Å². The van der Waals surface area contributed by atoms with Crippen molar-refractivity contribution in [2.75, 3.05) is 26.3 Å². The number of carbonyl (C=O) groups is 3. The third-order valence-corrected chi connectivity index (χ3v) is 7.42. The minimum Gasteiger partial charge on any atom is -0.463 e. The molecule has 220 valence electrons. The molecule has 0 unspecified atom stereocenters. The quantitative estimate of drug-likeness (QED) is 0.236. The lowest BCUT2D eigenvalue weighted by atomic mass is 9.96. The zero-order chi connectivity index (χ0) is 29.6. The second kappa shape index (κ2) is 16.5. The Morgan fingerprint density at radius 1 is 1.02 bits per heavy atom. The van der Waals surface area contributed by atoms with Crippen LogP contribution in [-0.4, -0.2) is 65.0 Å². The van der Waals surface area contributed by atoms with Crippen LogP contribution in [0.3, 0.4) is 0 Å². The highest BCUT2D eigenvalue weighted by molar-refractivity contribution is 5.86. The highest BCUT2D eigenvalue weighted by Crippen LogP contribution is 2.25. The van der Waals surface area contributed by atoms with Gasteiger partial charge < -0.3 is 19.6 Å². The lowest BCUT2D eigenvalue weighted by Gasteiger charge is -2.30. The predicted octanol–water partition coefficient (Wildman–Crippen LogP) is 4.70. The Bertz CT molecular complexity index is 1150. The number of carbonyl (C=O) groups excluding carboxylic acids is 3. The molecule has 0 saturated carbocycles. The summed E-state index contributed by atoms with van der Waals surface area (Å²) in [5.74, 6) is -2.15. The number of hydrogen-bond acceptors (Lipinski definition) is 5. The summed E-state index contributed by atoms with van der Waals surface area (Å²) in [6.07, 6.45) is 5.93. The first kappa shape index (κ1) is 31.7. The number of aliphatic hydroxyl groups is 1. The van der Waals surface area contributed by atoms with E-state index >= 15 is 0 Å². The number of rotatable bonds is 16. The predicted molar refractivity (Wildman–Crippen MR) is 156 cm³/mol. The molecule has 0 spiro atoms. The summed E-state index contributed by atoms with van der Waals surface area (Å²) in [4.78, 5) is 43.2. The van der Waals surface area contributed by atoms with E-state index in [-0.39, 0.29) is 55.8 Å². The van der Waals surface area contributed by atoms with Crippen molar-refractivity contribution < 1.29 is 28.6 Å². The third-order valence-electron chi connectivity index (χ3n) is 7.42. The fourth-order valence-corrected chi connectivity index (χ4v) is 5.23. The number of esters is 1. The first-order valence-electron chi connectivity index (χ1n) is 14.2. The summed E-state index contributed by atoms with van der Waals surface area (Å²) in [6.45, 7) is 8.48. The Hall–Kier alpha value is -3.78. The SMILES string of the molecule is C=CC[C@@H](Cc1ccc(F)cc1)C(=O)OC[C@@H]1CCCN1C(=O)[C@@H](CC=C)CC(=O)N(CCO)Cc1ccccc1. The van der Waals surface area contributed by atoms with Gasteiger partial charge in [0, 0.05) is 26.1 Å². The summed E-state index contributed by atoms with van der Waals surface area (Å²) < 4.78 is 19.0. The van der Waals surface area contributed by atoms with Crippen molar-refractivity contribution in [3.8, 4) is 0 Å². The molecule has 2 aromatic carbocycles. The van der Waals surface area contributed by atoms with Crippen LogP contribution < -0.4 is 0 Å². The van der Waals surface area contributed by atoms with Gasteiger partial charge in [-0.2, -0.15) is 0 Å². The van der Waals surface area contributed by atoms with Gasteiger partial charge in [-0.3, -0.25) is 14.4 Å². The van der Waals surface area contributed by atoms with Gasteiger partial charge in [0.25, 0.3) is 0 Å². The van der Waals surface area contributed by atoms with E-state index in [9.17, 15) is 23.9 Å². The molecule has 1 aliphatic rings. The van der Waals surface area contributed by atoms with Crippen LogP contribution in [0.5, 0.6) is 0 Å². The van der Waals surface area contributed by atoms with E-state index < -0.39 is 11.8 Å². The number of amides is 2. The number of ether oxygens (including phenoxy) is 1. The highest BCUT2D eigenvalue weighted by Gasteiger charge is 2.35. The number of hydrogen-bond donors (Lipinski definition) is 1. The molecule has 1 aliphatic heterocycles. The first-order valence-corrected chi connectivity index (χ1v) is 14.2. The van der Waals surface area contributed by atoms with Gasteiger partial charge in [-0.1, -0.05) is 54.6 Å². The molecule has 1 fully saturated rings. The number of nitrogens with zero attached hydrogens (tertiary/aromatic N) is 2. The minimum absolute atomic E-state index is 0.000225. The molecule has 8 heteroatoms. The number of halogens is 1. The molecule has 1 heterocycles. The van der Waals surface area contributed by atoms with E-state index in [1.54, 1.807) is 34.1 Å². The van der Waals surface area contributed by atoms with Crippen LogP contribution in [0, 0.1) is 17.7 Å². The Balaban J connectivity index is 1.62. The second-order valence-electron chi connectivity index (χ2n) is 10.5. The van der Waals surface area contributed by atoms with Crippen LogP contribution >= 0.6 is 0 Å². The molecule has 2 amide bonds. The van der Waals surface area contributed by atoms with E-state index in [0.29, 0.717) is 38.8 Å². The number of allylic oxidation sites excluding steroid dienone is 2. The average molecular weight is 565 g/mol. The summed E-state index contributed by atoms with van der Waals surface area (Å²) >= 11 is 0. The minimum atomic E-state index is -0.597. The van der Waals surface area contributed by atoms with E-state index in [4.69, 9.17) is 4.74 Å². The molecule has 0 aromatic heterocycles. The molecule has 0 bridgehead atoms. The molecule has 0 aliphatic carbocycles. The Kier molecular flexibility index (Phi) is 12.8. The lowest BCUT2D eigenvalue weighted by Crippen LogP contribution is -2.44. The number of likely N-dealkylation sites (tertiary alicyclic amines) is 1. The van der Waals surface area contributed by atoms with Gasteiger partial charge in [0.05, 0.1) is 24.5 Å². The fourth-order valence-electron chi connectivity index (χ4n) is 5.23. The standard InChI is InChI=1S/C33H41FN2O5/c1-3-9-27(22-31(38)35(19-20-37)23-26-11-6-5-7-12-26)32(39)36-18-8-13-30(36)24-41-33(40)28(10-4-2)21-25-14-16-29(34)17-15-25/h3-7,11-12,14-17,27-28,30,37H,1-2,8-10,13,18-24H2/t27-,28-,30-/m0/s1. The third kappa shape index (κ3) is 9.67. The summed E-state index contributed by atoms with van der Waals surface area (Å²) in [5.41, 5.74) is 1.77. The number of benzene rings is 2. The lowest BCUT2D eigenvalue weighted by molar-refractivity contribution is -0.152. The zero-order valence-corrected chi connectivity index (χ0v) is 23.6. The van der Waals surface area contributed by atoms with Gasteiger partial charge in [0.15, 0.2) is 0 Å². The molecular weight excluding hydrogens is 523 g/mol. The molecule has 1 saturated heterocycles. The maximum absolute atomic E-state index is 13.6. The smallest absolute Gasteiger partial charge is 0.309 e. The van der Waals surface area contributed by atoms with Crippen LogP contribution in [0.15, 0.2) is 79.9 Å². The summed E-state index contributed by atoms with van der Waals surface area (Å²) in [5, 5.41) is 9.54. The van der Waals surface area contributed by atoms with E-state index in [1.807, 2.05) is 30.3 Å². The van der Waals surface area contributed by atoms with Crippen LogP contribution in [0.25, 0.3) is 0 Å². The number of aliphatic hydroxyl groups excluding tert-OH is 1. The maximum Gasteiger partial charge on any atom is 0.309 e. The van der Waals surface area contributed by atoms with Gasteiger partial charge in [-0.05, 0) is 55.4 Å². The van der Waals surface area contributed by atoms with Crippen molar-refractivity contribution in [1.29, 1.82) is 0 Å². The van der Waals surface area contributed by atoms with Crippen molar-refractivity contribution in [2.45, 2.75) is 51.1 Å². The summed E-state index contributed by atoms with van der Waals surface area (Å²) in [6, 6.07) is 15.3. The van der Waals surface area contributed by atoms with Crippen molar-refractivity contribution in [3.63, 3.8) is 0 Å². The van der Waals surface area contributed by atoms with Crippen molar-refractivity contribution in [2.24, 2.45) is 11.8 Å². The van der Waals surface area contributed by atoms with Crippen molar-refractivity contribution in [3.05, 3.63) is 96.9 Å². The Morgan fingerprint density at radius 2 is 1.71 bits per heavy atom. The Morgan fingerprint density at radius 3 is 2.37 bits per heavy atom. The molecule has 3 rings (SSSR count). The van der Waals surface area contributed by atoms with Crippen LogP contribution in [-0.2, 0) is 32.1 Å². The topological polar surface area (TPSA) is 87.2 Å². The highest BCUT2D eigenvalue weighted by atomic mass is 19.1. The molecule has 2 aromatic rings. The Labute approximate surface area is 242 Å². The van der Waals surface area contributed by atoms with Gasteiger partial charge in [0.1, 0.15) is 12.4 Å². The molecule has 7 nitrogen and oxygen atoms in total. The maximum atomic E-state index is 13.6. The largest absolute Gasteiger partial charge is 0.463 e. The van der Waals surface area contributed by atoms with Gasteiger partial charge >= 0.3 is 5.97 Å². The fraction of sp³-hybridized carbons (Fsp3) is 0.424. The normalized spacial score (nSPS) is 16.0. The molecule has 41 heavy (non-hydrogen) atoms. The molecule has 1 N–H and O–H groups in total. The van der Waals surface area contributed by atoms with Gasteiger partial charge in [-0.15, -0.1) is 13.2 Å². The molecule has 0 radical (unpaired) electrons. The van der Waals surface area contributed by atoms with Gasteiger partial charge in [0.2, 0.25) is 11.8 Å². The van der Waals surface area contributed by atoms with Crippen LogP contribution in [0.1, 0.15) is 43.2 Å².